The molecule has 0 aliphatic heterocycles. The van der Waals surface area contributed by atoms with Gasteiger partial charge in [0.15, 0.2) is 6.10 Å². The Hall–Kier alpha value is -1.77. The average molecular weight is 784 g/mol. The number of esters is 2. The summed E-state index contributed by atoms with van der Waals surface area (Å²) in [4.78, 5) is 37.5. The lowest BCUT2D eigenvalue weighted by atomic mass is 10.1. The quantitative estimate of drug-likeness (QED) is 0.0151. The number of likely N-dealkylation sites (N-methyl/N-ethyl adjacent to an activating group) is 1. The van der Waals surface area contributed by atoms with Crippen LogP contribution >= 0.6 is 7.82 Å². The Labute approximate surface area is 331 Å². The van der Waals surface area contributed by atoms with Gasteiger partial charge in [0.25, 0.3) is 7.82 Å². The molecule has 0 amide bonds. The highest BCUT2D eigenvalue weighted by atomic mass is 31.2. The summed E-state index contributed by atoms with van der Waals surface area (Å²) in [5, 5.41) is 0. The Morgan fingerprint density at radius 3 is 1.48 bits per heavy atom. The lowest BCUT2D eigenvalue weighted by Crippen LogP contribution is -2.37. The van der Waals surface area contributed by atoms with Crippen LogP contribution in [0.4, 0.5) is 0 Å². The molecule has 0 saturated heterocycles. The highest BCUT2D eigenvalue weighted by molar-refractivity contribution is 7.45. The first-order chi connectivity index (χ1) is 26.0. The predicted molar refractivity (Wildman–Crippen MR) is 222 cm³/mol. The van der Waals surface area contributed by atoms with Gasteiger partial charge in [0.2, 0.25) is 0 Å². The Kier molecular flexibility index (Phi) is 35.6. The molecule has 0 saturated carbocycles. The largest absolute Gasteiger partial charge is 0.756 e. The summed E-state index contributed by atoms with van der Waals surface area (Å²) < 4.78 is 33.9. The van der Waals surface area contributed by atoms with Gasteiger partial charge < -0.3 is 27.9 Å². The summed E-state index contributed by atoms with van der Waals surface area (Å²) in [7, 11) is 1.15. The molecule has 54 heavy (non-hydrogen) atoms. The molecule has 316 valence electrons. The number of rotatable bonds is 39. The lowest BCUT2D eigenvalue weighted by Gasteiger charge is -2.28. The lowest BCUT2D eigenvalue weighted by molar-refractivity contribution is -0.870. The molecule has 10 heteroatoms. The monoisotopic (exact) mass is 784 g/mol. The van der Waals surface area contributed by atoms with Crippen molar-refractivity contribution in [1.29, 1.82) is 0 Å². The van der Waals surface area contributed by atoms with E-state index in [9.17, 15) is 19.0 Å². The molecular formula is C44H82NO8P. The van der Waals surface area contributed by atoms with Gasteiger partial charge in [-0.25, -0.2) is 0 Å². The van der Waals surface area contributed by atoms with Gasteiger partial charge >= 0.3 is 11.9 Å². The van der Waals surface area contributed by atoms with Gasteiger partial charge in [-0.15, -0.1) is 0 Å². The van der Waals surface area contributed by atoms with E-state index in [1.807, 2.05) is 21.1 Å². The molecule has 0 aromatic heterocycles. The van der Waals surface area contributed by atoms with Gasteiger partial charge in [0.05, 0.1) is 27.7 Å². The van der Waals surface area contributed by atoms with Crippen molar-refractivity contribution in [2.24, 2.45) is 0 Å². The number of hydrogen-bond acceptors (Lipinski definition) is 8. The molecule has 2 atom stereocenters. The third kappa shape index (κ3) is 39.9. The van der Waals surface area contributed by atoms with E-state index in [4.69, 9.17) is 18.5 Å². The van der Waals surface area contributed by atoms with E-state index in [0.717, 1.165) is 70.6 Å². The van der Waals surface area contributed by atoms with Crippen LogP contribution in [0.1, 0.15) is 181 Å². The molecule has 0 spiro atoms. The van der Waals surface area contributed by atoms with Gasteiger partial charge in [-0.1, -0.05) is 140 Å². The number of quaternary nitrogens is 1. The molecule has 0 rings (SSSR count). The average Bonchev–Trinajstić information content (AvgIpc) is 3.12. The minimum Gasteiger partial charge on any atom is -0.756 e. The molecule has 0 heterocycles. The van der Waals surface area contributed by atoms with E-state index >= 15 is 0 Å². The third-order valence-electron chi connectivity index (χ3n) is 9.16. The van der Waals surface area contributed by atoms with Crippen molar-refractivity contribution in [2.75, 3.05) is 47.5 Å². The van der Waals surface area contributed by atoms with Crippen molar-refractivity contribution in [2.45, 2.75) is 187 Å². The minimum atomic E-state index is -4.63. The van der Waals surface area contributed by atoms with Crippen molar-refractivity contribution in [1.82, 2.24) is 0 Å². The second-order valence-electron chi connectivity index (χ2n) is 15.7. The van der Waals surface area contributed by atoms with Crippen molar-refractivity contribution in [3.8, 4) is 0 Å². The Morgan fingerprint density at radius 1 is 0.574 bits per heavy atom. The highest BCUT2D eigenvalue weighted by Gasteiger charge is 2.21. The van der Waals surface area contributed by atoms with E-state index in [-0.39, 0.29) is 26.1 Å². The van der Waals surface area contributed by atoms with Gasteiger partial charge in [0, 0.05) is 12.8 Å². The third-order valence-corrected chi connectivity index (χ3v) is 10.1. The van der Waals surface area contributed by atoms with Crippen LogP contribution in [0.3, 0.4) is 0 Å². The number of allylic oxidation sites excluding steroid dienone is 6. The normalized spacial score (nSPS) is 14.0. The zero-order valence-electron chi connectivity index (χ0n) is 35.4. The number of hydrogen-bond donors (Lipinski definition) is 0. The number of carbonyl (C=O) groups excluding carboxylic acids is 2. The van der Waals surface area contributed by atoms with Crippen LogP contribution < -0.4 is 4.89 Å². The van der Waals surface area contributed by atoms with E-state index in [1.165, 1.54) is 77.0 Å². The number of phosphoric acid groups is 1. The predicted octanol–water partition coefficient (Wildman–Crippen LogP) is 11.5. The van der Waals surface area contributed by atoms with Crippen LogP contribution in [0.2, 0.25) is 0 Å². The summed E-state index contributed by atoms with van der Waals surface area (Å²) in [5.74, 6) is -0.857. The molecule has 0 aromatic rings. The first-order valence-corrected chi connectivity index (χ1v) is 23.2. The van der Waals surface area contributed by atoms with E-state index in [0.29, 0.717) is 17.4 Å². The van der Waals surface area contributed by atoms with Gasteiger partial charge in [-0.3, -0.25) is 14.2 Å². The standard InChI is InChI=1S/C44H82NO8P/c1-6-8-10-12-14-16-18-20-22-24-26-28-30-32-34-36-43(46)50-40-42(41-52-54(48,49)51-39-38-45(3,4)5)53-44(47)37-35-33-31-29-27-25-23-21-19-17-15-13-11-9-7-2/h16-19,21,23,42H,6-15,20,22,24-41H2,1-5H3/b18-16+,19-17+,23-21+/t42-/m1/s1. The number of unbranched alkanes of at least 4 members (excludes halogenated alkanes) is 20. The maximum Gasteiger partial charge on any atom is 0.306 e. The van der Waals surface area contributed by atoms with E-state index in [2.05, 4.69) is 50.3 Å². The Morgan fingerprint density at radius 2 is 1.00 bits per heavy atom. The SMILES string of the molecule is CCCCCC/C=C/C=C/CCCCCCCC(=O)O[C@H](COC(=O)CCCCCCCCC/C=C/CCCCCC)COP(=O)([O-])OCC[N+](C)(C)C. The Bertz CT molecular complexity index is 1020. The molecule has 0 aliphatic carbocycles. The molecule has 0 bridgehead atoms. The smallest absolute Gasteiger partial charge is 0.306 e. The summed E-state index contributed by atoms with van der Waals surface area (Å²) >= 11 is 0. The summed E-state index contributed by atoms with van der Waals surface area (Å²) in [6.45, 7) is 4.17. The molecule has 0 radical (unpaired) electrons. The maximum absolute atomic E-state index is 12.7. The minimum absolute atomic E-state index is 0.0349. The fourth-order valence-corrected chi connectivity index (χ4v) is 6.43. The summed E-state index contributed by atoms with van der Waals surface area (Å²) in [6, 6.07) is 0. The second-order valence-corrected chi connectivity index (χ2v) is 17.1. The van der Waals surface area contributed by atoms with Crippen LogP contribution in [-0.4, -0.2) is 70.0 Å². The first kappa shape index (κ1) is 52.2. The maximum atomic E-state index is 12.7. The molecule has 0 aliphatic rings. The molecule has 1 unspecified atom stereocenters. The van der Waals surface area contributed by atoms with Gasteiger partial charge in [0.1, 0.15) is 19.8 Å². The fraction of sp³-hybridized carbons (Fsp3) is 0.818. The highest BCUT2D eigenvalue weighted by Crippen LogP contribution is 2.38. The van der Waals surface area contributed by atoms with Crippen LogP contribution in [0.25, 0.3) is 0 Å². The number of phosphoric ester groups is 1. The molecule has 0 aromatic carbocycles. The van der Waals surface area contributed by atoms with Crippen molar-refractivity contribution in [3.63, 3.8) is 0 Å². The van der Waals surface area contributed by atoms with Crippen molar-refractivity contribution < 1.29 is 42.1 Å². The number of ether oxygens (including phenoxy) is 2. The van der Waals surface area contributed by atoms with E-state index < -0.39 is 32.5 Å². The zero-order chi connectivity index (χ0) is 40.0. The number of carbonyl (C=O) groups is 2. The van der Waals surface area contributed by atoms with Crippen molar-refractivity contribution >= 4 is 19.8 Å². The Balaban J connectivity index is 4.40. The van der Waals surface area contributed by atoms with Crippen LogP contribution in [0.5, 0.6) is 0 Å². The van der Waals surface area contributed by atoms with Crippen LogP contribution in [-0.2, 0) is 32.7 Å². The molecular weight excluding hydrogens is 701 g/mol. The van der Waals surface area contributed by atoms with Gasteiger partial charge in [-0.05, 0) is 64.2 Å². The van der Waals surface area contributed by atoms with Gasteiger partial charge in [-0.2, -0.15) is 0 Å². The summed E-state index contributed by atoms with van der Waals surface area (Å²) in [5.41, 5.74) is 0. The van der Waals surface area contributed by atoms with Crippen LogP contribution in [0.15, 0.2) is 36.5 Å². The fourth-order valence-electron chi connectivity index (χ4n) is 5.70. The van der Waals surface area contributed by atoms with Crippen molar-refractivity contribution in [3.05, 3.63) is 36.5 Å². The number of nitrogens with zero attached hydrogens (tertiary/aromatic N) is 1. The topological polar surface area (TPSA) is 111 Å². The van der Waals surface area contributed by atoms with E-state index in [1.54, 1.807) is 0 Å². The molecule has 0 N–H and O–H groups in total. The molecule has 0 fully saturated rings. The molecule has 9 nitrogen and oxygen atoms in total. The zero-order valence-corrected chi connectivity index (χ0v) is 36.3. The second kappa shape index (κ2) is 36.8. The van der Waals surface area contributed by atoms with Crippen LogP contribution in [0, 0.1) is 0 Å². The summed E-state index contributed by atoms with van der Waals surface area (Å²) in [6.07, 6.45) is 40.2. The first-order valence-electron chi connectivity index (χ1n) is 21.7.